The average molecular weight is 230 g/mol. The SMILES string of the molecule is Cc1ccc(CC(N)C(=O)O)c(Cl)c1O. The second-order valence-corrected chi connectivity index (χ2v) is 3.73. The van der Waals surface area contributed by atoms with Gasteiger partial charge in [-0.1, -0.05) is 23.7 Å². The fourth-order valence-corrected chi connectivity index (χ4v) is 1.47. The maximum absolute atomic E-state index is 10.5. The van der Waals surface area contributed by atoms with Gasteiger partial charge in [0.2, 0.25) is 0 Å². The van der Waals surface area contributed by atoms with E-state index < -0.39 is 12.0 Å². The van der Waals surface area contributed by atoms with Gasteiger partial charge in [0, 0.05) is 0 Å². The molecule has 4 nitrogen and oxygen atoms in total. The largest absolute Gasteiger partial charge is 0.506 e. The smallest absolute Gasteiger partial charge is 0.320 e. The van der Waals surface area contributed by atoms with Crippen LogP contribution < -0.4 is 5.73 Å². The van der Waals surface area contributed by atoms with Gasteiger partial charge in [0.25, 0.3) is 0 Å². The lowest BCUT2D eigenvalue weighted by atomic mass is 10.0. The molecule has 0 saturated heterocycles. The Morgan fingerprint density at radius 3 is 2.73 bits per heavy atom. The minimum absolute atomic E-state index is 0.0215. The standard InChI is InChI=1S/C10H12ClNO3/c1-5-2-3-6(8(11)9(5)13)4-7(12)10(14)15/h2-3,7,13H,4,12H2,1H3,(H,14,15). The van der Waals surface area contributed by atoms with E-state index in [2.05, 4.69) is 0 Å². The van der Waals surface area contributed by atoms with Gasteiger partial charge in [-0.15, -0.1) is 0 Å². The van der Waals surface area contributed by atoms with Gasteiger partial charge >= 0.3 is 5.97 Å². The number of phenols is 1. The normalized spacial score (nSPS) is 12.5. The van der Waals surface area contributed by atoms with Crippen LogP contribution in [0.5, 0.6) is 5.75 Å². The Labute approximate surface area is 92.3 Å². The molecule has 0 spiro atoms. The first kappa shape index (κ1) is 11.8. The van der Waals surface area contributed by atoms with E-state index in [-0.39, 0.29) is 17.2 Å². The molecule has 1 aromatic rings. The molecule has 0 saturated carbocycles. The number of aromatic hydroxyl groups is 1. The van der Waals surface area contributed by atoms with Crippen molar-refractivity contribution in [3.63, 3.8) is 0 Å². The van der Waals surface area contributed by atoms with E-state index >= 15 is 0 Å². The number of phenolic OH excluding ortho intramolecular Hbond substituents is 1. The molecule has 0 heterocycles. The summed E-state index contributed by atoms with van der Waals surface area (Å²) < 4.78 is 0. The van der Waals surface area contributed by atoms with Crippen LogP contribution in [-0.4, -0.2) is 22.2 Å². The zero-order valence-corrected chi connectivity index (χ0v) is 8.95. The van der Waals surface area contributed by atoms with Crippen LogP contribution in [0.2, 0.25) is 5.02 Å². The highest BCUT2D eigenvalue weighted by molar-refractivity contribution is 6.32. The van der Waals surface area contributed by atoms with Crippen molar-refractivity contribution in [3.8, 4) is 5.75 Å². The molecule has 0 fully saturated rings. The van der Waals surface area contributed by atoms with Gasteiger partial charge in [0.15, 0.2) is 0 Å². The Morgan fingerprint density at radius 1 is 1.60 bits per heavy atom. The van der Waals surface area contributed by atoms with E-state index in [1.54, 1.807) is 19.1 Å². The van der Waals surface area contributed by atoms with E-state index in [1.807, 2.05) is 0 Å². The fraction of sp³-hybridized carbons (Fsp3) is 0.300. The van der Waals surface area contributed by atoms with Gasteiger partial charge in [-0.2, -0.15) is 0 Å². The van der Waals surface area contributed by atoms with Crippen LogP contribution in [0.25, 0.3) is 0 Å². The van der Waals surface area contributed by atoms with Crippen molar-refractivity contribution < 1.29 is 15.0 Å². The second kappa shape index (κ2) is 4.51. The van der Waals surface area contributed by atoms with Crippen molar-refractivity contribution in [2.45, 2.75) is 19.4 Å². The number of rotatable bonds is 3. The number of hydrogen-bond donors (Lipinski definition) is 3. The van der Waals surface area contributed by atoms with E-state index in [1.165, 1.54) is 0 Å². The number of aliphatic carboxylic acids is 1. The summed E-state index contributed by atoms with van der Waals surface area (Å²) in [5.74, 6) is -1.11. The first-order chi connectivity index (χ1) is 6.93. The summed E-state index contributed by atoms with van der Waals surface area (Å²) in [6, 6.07) is 2.33. The van der Waals surface area contributed by atoms with Crippen LogP contribution in [0, 0.1) is 6.92 Å². The van der Waals surface area contributed by atoms with Crippen LogP contribution in [-0.2, 0) is 11.2 Å². The van der Waals surface area contributed by atoms with Crippen LogP contribution in [0.3, 0.4) is 0 Å². The molecular weight excluding hydrogens is 218 g/mol. The van der Waals surface area contributed by atoms with E-state index in [9.17, 15) is 9.90 Å². The highest BCUT2D eigenvalue weighted by Gasteiger charge is 2.16. The summed E-state index contributed by atoms with van der Waals surface area (Å²) in [5.41, 5.74) is 6.55. The molecule has 0 bridgehead atoms. The Bertz CT molecular complexity index is 392. The maximum atomic E-state index is 10.5. The van der Waals surface area contributed by atoms with E-state index in [0.717, 1.165) is 0 Å². The van der Waals surface area contributed by atoms with E-state index in [4.69, 9.17) is 22.4 Å². The lowest BCUT2D eigenvalue weighted by Crippen LogP contribution is -2.32. The number of nitrogens with two attached hydrogens (primary N) is 1. The molecule has 82 valence electrons. The third kappa shape index (κ3) is 2.61. The quantitative estimate of drug-likeness (QED) is 0.730. The van der Waals surface area contributed by atoms with Crippen LogP contribution in [0.1, 0.15) is 11.1 Å². The number of benzene rings is 1. The summed E-state index contributed by atoms with van der Waals surface area (Å²) in [5, 5.41) is 18.3. The van der Waals surface area contributed by atoms with Crippen LogP contribution in [0.15, 0.2) is 12.1 Å². The average Bonchev–Trinajstić information content (AvgIpc) is 2.18. The van der Waals surface area contributed by atoms with Crippen molar-refractivity contribution in [1.82, 2.24) is 0 Å². The zero-order chi connectivity index (χ0) is 11.6. The lowest BCUT2D eigenvalue weighted by molar-refractivity contribution is -0.138. The number of hydrogen-bond acceptors (Lipinski definition) is 3. The Hall–Kier alpha value is -1.26. The predicted octanol–water partition coefficient (Wildman–Crippen LogP) is 1.31. The van der Waals surface area contributed by atoms with Crippen LogP contribution in [0.4, 0.5) is 0 Å². The summed E-state index contributed by atoms with van der Waals surface area (Å²) in [6.07, 6.45) is 0.0992. The van der Waals surface area contributed by atoms with Crippen molar-refractivity contribution in [3.05, 3.63) is 28.3 Å². The highest BCUT2D eigenvalue weighted by atomic mass is 35.5. The lowest BCUT2D eigenvalue weighted by Gasteiger charge is -2.10. The number of carboxylic acids is 1. The minimum atomic E-state index is -1.09. The molecule has 0 aliphatic carbocycles. The Balaban J connectivity index is 2.97. The molecule has 1 aromatic carbocycles. The molecule has 0 aromatic heterocycles. The van der Waals surface area contributed by atoms with Crippen molar-refractivity contribution in [2.75, 3.05) is 0 Å². The molecular formula is C10H12ClNO3. The highest BCUT2D eigenvalue weighted by Crippen LogP contribution is 2.30. The monoisotopic (exact) mass is 229 g/mol. The van der Waals surface area contributed by atoms with E-state index in [0.29, 0.717) is 11.1 Å². The molecule has 1 unspecified atom stereocenters. The summed E-state index contributed by atoms with van der Waals surface area (Å²) >= 11 is 5.85. The first-order valence-corrected chi connectivity index (χ1v) is 4.76. The van der Waals surface area contributed by atoms with Gasteiger partial charge in [-0.3, -0.25) is 4.79 Å². The van der Waals surface area contributed by atoms with Gasteiger partial charge < -0.3 is 15.9 Å². The molecule has 4 N–H and O–H groups in total. The predicted molar refractivity (Wildman–Crippen MR) is 57.2 cm³/mol. The van der Waals surface area contributed by atoms with Gasteiger partial charge in [-0.25, -0.2) is 0 Å². The topological polar surface area (TPSA) is 83.6 Å². The van der Waals surface area contributed by atoms with Crippen LogP contribution >= 0.6 is 11.6 Å². The Kier molecular flexibility index (Phi) is 3.55. The van der Waals surface area contributed by atoms with Crippen molar-refractivity contribution >= 4 is 17.6 Å². The molecule has 0 aliphatic rings. The third-order valence-corrected chi connectivity index (χ3v) is 2.58. The minimum Gasteiger partial charge on any atom is -0.506 e. The van der Waals surface area contributed by atoms with Gasteiger partial charge in [-0.05, 0) is 24.5 Å². The molecule has 15 heavy (non-hydrogen) atoms. The summed E-state index contributed by atoms with van der Waals surface area (Å²) in [7, 11) is 0. The molecule has 0 aliphatic heterocycles. The number of carbonyl (C=O) groups is 1. The Morgan fingerprint density at radius 2 is 2.20 bits per heavy atom. The molecule has 1 atom stereocenters. The van der Waals surface area contributed by atoms with Crippen molar-refractivity contribution in [1.29, 1.82) is 0 Å². The number of carboxylic acid groups (broad SMARTS) is 1. The summed E-state index contributed by atoms with van der Waals surface area (Å²) in [6.45, 7) is 1.71. The van der Waals surface area contributed by atoms with Gasteiger partial charge in [0.05, 0.1) is 5.02 Å². The zero-order valence-electron chi connectivity index (χ0n) is 8.20. The molecule has 1 rings (SSSR count). The number of halogens is 1. The fourth-order valence-electron chi connectivity index (χ4n) is 1.18. The molecule has 5 heteroatoms. The second-order valence-electron chi connectivity index (χ2n) is 3.35. The first-order valence-electron chi connectivity index (χ1n) is 4.38. The maximum Gasteiger partial charge on any atom is 0.320 e. The van der Waals surface area contributed by atoms with Gasteiger partial charge in [0.1, 0.15) is 11.8 Å². The third-order valence-electron chi connectivity index (χ3n) is 2.15. The molecule has 0 amide bonds. The summed E-state index contributed by atoms with van der Waals surface area (Å²) in [4.78, 5) is 10.5. The number of aryl methyl sites for hydroxylation is 1. The van der Waals surface area contributed by atoms with Crippen molar-refractivity contribution in [2.24, 2.45) is 5.73 Å². The molecule has 0 radical (unpaired) electrons.